The summed E-state index contributed by atoms with van der Waals surface area (Å²) in [5.74, 6) is -2.59. The van der Waals surface area contributed by atoms with Crippen LogP contribution in [0, 0.1) is 5.95 Å². The number of nitrogens with zero attached hydrogens (tertiary/aromatic N) is 2. The fourth-order valence-electron chi connectivity index (χ4n) is 1.46. The second-order valence-corrected chi connectivity index (χ2v) is 5.73. The van der Waals surface area contributed by atoms with E-state index in [1.54, 1.807) is 12.1 Å². The van der Waals surface area contributed by atoms with E-state index < -0.39 is 23.6 Å². The van der Waals surface area contributed by atoms with Crippen LogP contribution in [0.15, 0.2) is 16.3 Å². The molecule has 0 N–H and O–H groups in total. The summed E-state index contributed by atoms with van der Waals surface area (Å²) in [5, 5.41) is 0. The first-order valence-electron chi connectivity index (χ1n) is 5.19. The Morgan fingerprint density at radius 3 is 2.45 bits per heavy atom. The van der Waals surface area contributed by atoms with Crippen LogP contribution >= 0.6 is 23.1 Å². The maximum Gasteiger partial charge on any atom is 0.426 e. The van der Waals surface area contributed by atoms with Crippen LogP contribution in [0.1, 0.15) is 5.56 Å². The van der Waals surface area contributed by atoms with Crippen molar-refractivity contribution in [1.82, 2.24) is 9.97 Å². The van der Waals surface area contributed by atoms with Crippen molar-refractivity contribution in [3.8, 4) is 16.6 Å². The highest BCUT2D eigenvalue weighted by Gasteiger charge is 2.40. The van der Waals surface area contributed by atoms with Crippen LogP contribution in [-0.4, -0.2) is 23.3 Å². The first kappa shape index (κ1) is 15.0. The summed E-state index contributed by atoms with van der Waals surface area (Å²) < 4.78 is 57.1. The van der Waals surface area contributed by atoms with Gasteiger partial charge in [0.2, 0.25) is 11.8 Å². The van der Waals surface area contributed by atoms with Crippen molar-refractivity contribution in [3.63, 3.8) is 0 Å². The SMILES string of the molecule is COc1nc(-c2ccc(SC)s2)nc(F)c1C(F)(F)F. The molecule has 0 amide bonds. The Hall–Kier alpha value is -1.35. The smallest absolute Gasteiger partial charge is 0.426 e. The number of halogens is 4. The Labute approximate surface area is 120 Å². The van der Waals surface area contributed by atoms with E-state index in [9.17, 15) is 17.6 Å². The summed E-state index contributed by atoms with van der Waals surface area (Å²) in [5.41, 5.74) is -1.59. The van der Waals surface area contributed by atoms with Gasteiger partial charge in [-0.3, -0.25) is 0 Å². The van der Waals surface area contributed by atoms with E-state index in [0.29, 0.717) is 4.88 Å². The summed E-state index contributed by atoms with van der Waals surface area (Å²) in [4.78, 5) is 7.41. The number of thiophene rings is 1. The van der Waals surface area contributed by atoms with Gasteiger partial charge in [0.1, 0.15) is 0 Å². The minimum atomic E-state index is -4.91. The third-order valence-corrected chi connectivity index (χ3v) is 4.48. The topological polar surface area (TPSA) is 35.0 Å². The molecule has 0 aliphatic carbocycles. The minimum Gasteiger partial charge on any atom is -0.480 e. The molecule has 0 bridgehead atoms. The molecule has 0 aliphatic heterocycles. The number of ether oxygens (including phenoxy) is 1. The predicted octanol–water partition coefficient (Wildman–Crippen LogP) is 4.09. The van der Waals surface area contributed by atoms with Gasteiger partial charge in [-0.05, 0) is 18.4 Å². The zero-order valence-electron chi connectivity index (χ0n) is 10.3. The fourth-order valence-corrected chi connectivity index (χ4v) is 2.94. The lowest BCUT2D eigenvalue weighted by molar-refractivity contribution is -0.142. The highest BCUT2D eigenvalue weighted by atomic mass is 32.2. The molecule has 0 radical (unpaired) electrons. The van der Waals surface area contributed by atoms with Crippen molar-refractivity contribution in [1.29, 1.82) is 0 Å². The van der Waals surface area contributed by atoms with E-state index in [1.165, 1.54) is 23.1 Å². The predicted molar refractivity (Wildman–Crippen MR) is 68.6 cm³/mol. The monoisotopic (exact) mass is 324 g/mol. The zero-order chi connectivity index (χ0) is 14.9. The van der Waals surface area contributed by atoms with Gasteiger partial charge in [0.25, 0.3) is 0 Å². The molecule has 0 saturated carbocycles. The molecule has 0 unspecified atom stereocenters. The third kappa shape index (κ3) is 2.88. The van der Waals surface area contributed by atoms with E-state index in [-0.39, 0.29) is 5.82 Å². The molecule has 0 atom stereocenters. The van der Waals surface area contributed by atoms with Gasteiger partial charge >= 0.3 is 6.18 Å². The van der Waals surface area contributed by atoms with Crippen LogP contribution in [0.3, 0.4) is 0 Å². The average molecular weight is 324 g/mol. The number of hydrogen-bond donors (Lipinski definition) is 0. The third-order valence-electron chi connectivity index (χ3n) is 2.31. The number of rotatable bonds is 3. The lowest BCUT2D eigenvalue weighted by atomic mass is 10.3. The van der Waals surface area contributed by atoms with Crippen molar-refractivity contribution in [3.05, 3.63) is 23.6 Å². The lowest BCUT2D eigenvalue weighted by Crippen LogP contribution is -2.14. The van der Waals surface area contributed by atoms with Gasteiger partial charge in [-0.15, -0.1) is 23.1 Å². The van der Waals surface area contributed by atoms with Crippen molar-refractivity contribution in [2.75, 3.05) is 13.4 Å². The summed E-state index contributed by atoms with van der Waals surface area (Å²) >= 11 is 2.73. The molecule has 2 heterocycles. The maximum absolute atomic E-state index is 13.6. The number of methoxy groups -OCH3 is 1. The quantitative estimate of drug-likeness (QED) is 0.484. The van der Waals surface area contributed by atoms with Crippen LogP contribution in [0.25, 0.3) is 10.7 Å². The van der Waals surface area contributed by atoms with E-state index >= 15 is 0 Å². The lowest BCUT2D eigenvalue weighted by Gasteiger charge is -2.11. The van der Waals surface area contributed by atoms with Crippen molar-refractivity contribution in [2.24, 2.45) is 0 Å². The van der Waals surface area contributed by atoms with Crippen LogP contribution in [0.2, 0.25) is 0 Å². The molecular formula is C11H8F4N2OS2. The molecular weight excluding hydrogens is 316 g/mol. The first-order chi connectivity index (χ1) is 9.36. The minimum absolute atomic E-state index is 0.127. The van der Waals surface area contributed by atoms with Gasteiger partial charge in [0.15, 0.2) is 11.4 Å². The first-order valence-corrected chi connectivity index (χ1v) is 7.24. The van der Waals surface area contributed by atoms with Crippen LogP contribution in [0.5, 0.6) is 5.88 Å². The maximum atomic E-state index is 13.6. The van der Waals surface area contributed by atoms with Gasteiger partial charge in [-0.2, -0.15) is 27.5 Å². The van der Waals surface area contributed by atoms with E-state index in [1.807, 2.05) is 6.26 Å². The van der Waals surface area contributed by atoms with Gasteiger partial charge in [-0.25, -0.2) is 0 Å². The molecule has 0 saturated heterocycles. The molecule has 2 aromatic rings. The molecule has 0 aliphatic rings. The Bertz CT molecular complexity index is 627. The Balaban J connectivity index is 2.55. The van der Waals surface area contributed by atoms with Crippen LogP contribution in [-0.2, 0) is 6.18 Å². The summed E-state index contributed by atoms with van der Waals surface area (Å²) in [6.07, 6.45) is -3.06. The van der Waals surface area contributed by atoms with Gasteiger partial charge in [-0.1, -0.05) is 0 Å². The second-order valence-electron chi connectivity index (χ2n) is 3.54. The molecule has 3 nitrogen and oxygen atoms in total. The summed E-state index contributed by atoms with van der Waals surface area (Å²) in [6, 6.07) is 3.38. The number of thioether (sulfide) groups is 1. The van der Waals surface area contributed by atoms with Crippen LogP contribution < -0.4 is 4.74 Å². The van der Waals surface area contributed by atoms with E-state index in [0.717, 1.165) is 11.3 Å². The summed E-state index contributed by atoms with van der Waals surface area (Å²) in [7, 11) is 1.00. The highest BCUT2D eigenvalue weighted by molar-refractivity contribution is 8.00. The van der Waals surface area contributed by atoms with Crippen molar-refractivity contribution >= 4 is 23.1 Å². The molecule has 108 valence electrons. The van der Waals surface area contributed by atoms with Crippen molar-refractivity contribution in [2.45, 2.75) is 10.4 Å². The average Bonchev–Trinajstić information content (AvgIpc) is 2.84. The molecule has 2 aromatic heterocycles. The molecule has 9 heteroatoms. The standard InChI is InChI=1S/C11H8F4N2OS2/c1-18-10-7(11(13,14)15)8(12)16-9(17-10)5-3-4-6(19-2)20-5/h3-4H,1-2H3. The molecule has 0 spiro atoms. The molecule has 2 rings (SSSR count). The number of aromatic nitrogens is 2. The van der Waals surface area contributed by atoms with Gasteiger partial charge in [0.05, 0.1) is 16.2 Å². The zero-order valence-corrected chi connectivity index (χ0v) is 11.9. The Kier molecular flexibility index (Phi) is 4.19. The normalized spacial score (nSPS) is 11.7. The largest absolute Gasteiger partial charge is 0.480 e. The van der Waals surface area contributed by atoms with Crippen LogP contribution in [0.4, 0.5) is 17.6 Å². The molecule has 0 fully saturated rings. The summed E-state index contributed by atoms with van der Waals surface area (Å²) in [6.45, 7) is 0. The number of hydrogen-bond acceptors (Lipinski definition) is 5. The Morgan fingerprint density at radius 1 is 1.25 bits per heavy atom. The highest BCUT2D eigenvalue weighted by Crippen LogP contribution is 2.38. The Morgan fingerprint density at radius 2 is 1.95 bits per heavy atom. The van der Waals surface area contributed by atoms with Gasteiger partial charge < -0.3 is 4.74 Å². The van der Waals surface area contributed by atoms with E-state index in [4.69, 9.17) is 0 Å². The molecule has 0 aromatic carbocycles. The second kappa shape index (κ2) is 5.57. The van der Waals surface area contributed by atoms with Gasteiger partial charge in [0, 0.05) is 0 Å². The van der Waals surface area contributed by atoms with Crippen molar-refractivity contribution < 1.29 is 22.3 Å². The number of alkyl halides is 3. The fraction of sp³-hybridized carbons (Fsp3) is 0.273. The van der Waals surface area contributed by atoms with E-state index in [2.05, 4.69) is 14.7 Å². The molecule has 20 heavy (non-hydrogen) atoms.